The summed E-state index contributed by atoms with van der Waals surface area (Å²) in [7, 11) is 0. The first-order valence-corrected chi connectivity index (χ1v) is 9.20. The molecule has 2 aromatic rings. The Morgan fingerprint density at radius 1 is 1.25 bits per heavy atom. The monoisotopic (exact) mass is 365 g/mol. The van der Waals surface area contributed by atoms with Gasteiger partial charge in [0.25, 0.3) is 0 Å². The number of hydrogen-bond donors (Lipinski definition) is 1. The van der Waals surface area contributed by atoms with Crippen LogP contribution in [-0.4, -0.2) is 29.5 Å². The van der Waals surface area contributed by atoms with Crippen LogP contribution >= 0.6 is 22.9 Å². The molecule has 0 saturated carbocycles. The second kappa shape index (κ2) is 8.07. The first-order valence-electron chi connectivity index (χ1n) is 8.01. The van der Waals surface area contributed by atoms with Gasteiger partial charge in [-0.1, -0.05) is 35.1 Å². The van der Waals surface area contributed by atoms with Crippen molar-refractivity contribution in [2.75, 3.05) is 19.6 Å². The molecule has 1 aliphatic rings. The molecule has 1 fully saturated rings. The fraction of sp³-hybridized carbons (Fsp3) is 0.412. The van der Waals surface area contributed by atoms with E-state index in [-0.39, 0.29) is 9.92 Å². The minimum atomic E-state index is -0.321. The first-order chi connectivity index (χ1) is 11.6. The standard InChI is InChI=1S/C17H20ClN3O2S/c18-15-3-1-13(2-4-15)10-20(11-14-7-8-19-9-14)12-16-5-6-17(24-16)21(22)23/h1-6,14,19H,7-12H2. The van der Waals surface area contributed by atoms with E-state index in [0.717, 1.165) is 42.6 Å². The summed E-state index contributed by atoms with van der Waals surface area (Å²) in [6.07, 6.45) is 1.18. The maximum absolute atomic E-state index is 10.9. The lowest BCUT2D eigenvalue weighted by molar-refractivity contribution is -0.380. The predicted octanol–water partition coefficient (Wildman–Crippen LogP) is 3.92. The number of benzene rings is 1. The van der Waals surface area contributed by atoms with E-state index in [9.17, 15) is 10.1 Å². The van der Waals surface area contributed by atoms with Gasteiger partial charge in [-0.05, 0) is 49.2 Å². The fourth-order valence-electron chi connectivity index (χ4n) is 3.04. The molecule has 2 heterocycles. The maximum Gasteiger partial charge on any atom is 0.324 e. The first kappa shape index (κ1) is 17.4. The number of halogens is 1. The average molecular weight is 366 g/mol. The zero-order chi connectivity index (χ0) is 16.9. The molecule has 1 aromatic carbocycles. The van der Waals surface area contributed by atoms with Crippen LogP contribution < -0.4 is 5.32 Å². The van der Waals surface area contributed by atoms with E-state index in [0.29, 0.717) is 5.92 Å². The maximum atomic E-state index is 10.9. The third-order valence-corrected chi connectivity index (χ3v) is 5.48. The largest absolute Gasteiger partial charge is 0.324 e. The summed E-state index contributed by atoms with van der Waals surface area (Å²) in [4.78, 5) is 14.0. The van der Waals surface area contributed by atoms with Gasteiger partial charge in [-0.15, -0.1) is 0 Å². The number of nitrogens with one attached hydrogen (secondary N) is 1. The van der Waals surface area contributed by atoms with Gasteiger partial charge in [-0.25, -0.2) is 0 Å². The van der Waals surface area contributed by atoms with E-state index in [1.165, 1.54) is 23.3 Å². The molecule has 128 valence electrons. The van der Waals surface area contributed by atoms with Gasteiger partial charge in [-0.3, -0.25) is 15.0 Å². The van der Waals surface area contributed by atoms with Crippen LogP contribution in [0.5, 0.6) is 0 Å². The van der Waals surface area contributed by atoms with Crippen molar-refractivity contribution in [3.05, 3.63) is 62.0 Å². The second-order valence-electron chi connectivity index (χ2n) is 6.15. The third kappa shape index (κ3) is 4.77. The highest BCUT2D eigenvalue weighted by Crippen LogP contribution is 2.26. The normalized spacial score (nSPS) is 17.5. The Bertz CT molecular complexity index is 683. The molecular weight excluding hydrogens is 346 g/mol. The molecule has 0 amide bonds. The number of hydrogen-bond acceptors (Lipinski definition) is 5. The molecule has 1 saturated heterocycles. The average Bonchev–Trinajstić information content (AvgIpc) is 3.21. The van der Waals surface area contributed by atoms with Crippen molar-refractivity contribution in [1.29, 1.82) is 0 Å². The Balaban J connectivity index is 1.70. The summed E-state index contributed by atoms with van der Waals surface area (Å²) >= 11 is 7.23. The summed E-state index contributed by atoms with van der Waals surface area (Å²) in [5.41, 5.74) is 1.21. The molecule has 0 bridgehead atoms. The molecule has 1 aromatic heterocycles. The topological polar surface area (TPSA) is 58.4 Å². The molecule has 0 radical (unpaired) electrons. The van der Waals surface area contributed by atoms with Crippen molar-refractivity contribution < 1.29 is 4.92 Å². The van der Waals surface area contributed by atoms with Gasteiger partial charge in [0.2, 0.25) is 0 Å². The smallest absolute Gasteiger partial charge is 0.316 e. The SMILES string of the molecule is O=[N+]([O-])c1ccc(CN(Cc2ccc(Cl)cc2)CC2CCNC2)s1. The van der Waals surface area contributed by atoms with Gasteiger partial charge < -0.3 is 5.32 Å². The van der Waals surface area contributed by atoms with Gasteiger partial charge in [0, 0.05) is 35.6 Å². The zero-order valence-electron chi connectivity index (χ0n) is 13.3. The number of rotatable bonds is 7. The number of thiophene rings is 1. The van der Waals surface area contributed by atoms with Gasteiger partial charge in [0.15, 0.2) is 0 Å². The second-order valence-corrected chi connectivity index (χ2v) is 7.74. The lowest BCUT2D eigenvalue weighted by Crippen LogP contribution is -2.29. The van der Waals surface area contributed by atoms with E-state index in [4.69, 9.17) is 11.6 Å². The molecule has 0 spiro atoms. The van der Waals surface area contributed by atoms with Gasteiger partial charge in [0.1, 0.15) is 0 Å². The summed E-state index contributed by atoms with van der Waals surface area (Å²) in [6, 6.07) is 11.4. The summed E-state index contributed by atoms with van der Waals surface area (Å²) in [5.74, 6) is 0.632. The Morgan fingerprint density at radius 2 is 2.04 bits per heavy atom. The Kier molecular flexibility index (Phi) is 5.84. The molecule has 24 heavy (non-hydrogen) atoms. The van der Waals surface area contributed by atoms with Crippen LogP contribution in [0.3, 0.4) is 0 Å². The summed E-state index contributed by atoms with van der Waals surface area (Å²) in [5, 5.41) is 15.2. The molecule has 1 unspecified atom stereocenters. The molecule has 0 aliphatic carbocycles. The summed E-state index contributed by atoms with van der Waals surface area (Å²) in [6.45, 7) is 4.66. The van der Waals surface area contributed by atoms with E-state index in [2.05, 4.69) is 10.2 Å². The van der Waals surface area contributed by atoms with Crippen molar-refractivity contribution in [1.82, 2.24) is 10.2 Å². The van der Waals surface area contributed by atoms with Gasteiger partial charge >= 0.3 is 5.00 Å². The minimum Gasteiger partial charge on any atom is -0.316 e. The lowest BCUT2D eigenvalue weighted by atomic mass is 10.1. The predicted molar refractivity (Wildman–Crippen MR) is 97.5 cm³/mol. The van der Waals surface area contributed by atoms with Crippen LogP contribution in [-0.2, 0) is 13.1 Å². The zero-order valence-corrected chi connectivity index (χ0v) is 14.9. The molecule has 5 nitrogen and oxygen atoms in total. The molecule has 3 rings (SSSR count). The number of nitrogens with zero attached hydrogens (tertiary/aromatic N) is 2. The molecule has 1 atom stereocenters. The van der Waals surface area contributed by atoms with Crippen LogP contribution in [0.15, 0.2) is 36.4 Å². The highest BCUT2D eigenvalue weighted by Gasteiger charge is 2.20. The lowest BCUT2D eigenvalue weighted by Gasteiger charge is -2.25. The van der Waals surface area contributed by atoms with Crippen LogP contribution in [0.2, 0.25) is 5.02 Å². The molecular formula is C17H20ClN3O2S. The fourth-order valence-corrected chi connectivity index (χ4v) is 4.03. The van der Waals surface area contributed by atoms with Crippen molar-refractivity contribution in [3.63, 3.8) is 0 Å². The van der Waals surface area contributed by atoms with Crippen molar-refractivity contribution in [3.8, 4) is 0 Å². The van der Waals surface area contributed by atoms with Crippen molar-refractivity contribution in [2.24, 2.45) is 5.92 Å². The third-order valence-electron chi connectivity index (χ3n) is 4.21. The quantitative estimate of drug-likeness (QED) is 0.596. The molecule has 1 aliphatic heterocycles. The highest BCUT2D eigenvalue weighted by atomic mass is 35.5. The van der Waals surface area contributed by atoms with E-state index >= 15 is 0 Å². The Labute approximate surface area is 150 Å². The van der Waals surface area contributed by atoms with E-state index in [1.54, 1.807) is 6.07 Å². The van der Waals surface area contributed by atoms with Gasteiger partial charge in [0.05, 0.1) is 4.92 Å². The van der Waals surface area contributed by atoms with Crippen LogP contribution in [0.25, 0.3) is 0 Å². The van der Waals surface area contributed by atoms with Crippen LogP contribution in [0.1, 0.15) is 16.9 Å². The van der Waals surface area contributed by atoms with E-state index in [1.807, 2.05) is 30.3 Å². The van der Waals surface area contributed by atoms with Crippen molar-refractivity contribution in [2.45, 2.75) is 19.5 Å². The molecule has 7 heteroatoms. The van der Waals surface area contributed by atoms with Crippen molar-refractivity contribution >= 4 is 27.9 Å². The Morgan fingerprint density at radius 3 is 2.67 bits per heavy atom. The van der Waals surface area contributed by atoms with E-state index < -0.39 is 0 Å². The minimum absolute atomic E-state index is 0.207. The van der Waals surface area contributed by atoms with Gasteiger partial charge in [-0.2, -0.15) is 0 Å². The Hall–Kier alpha value is -1.47. The van der Waals surface area contributed by atoms with Crippen LogP contribution in [0.4, 0.5) is 5.00 Å². The summed E-state index contributed by atoms with van der Waals surface area (Å²) < 4.78 is 0. The highest BCUT2D eigenvalue weighted by molar-refractivity contribution is 7.15. The number of nitro groups is 1. The van der Waals surface area contributed by atoms with Crippen LogP contribution in [0, 0.1) is 16.0 Å². The molecule has 1 N–H and O–H groups in total.